The van der Waals surface area contributed by atoms with Gasteiger partial charge in [0.15, 0.2) is 0 Å². The van der Waals surface area contributed by atoms with Crippen LogP contribution in [0, 0.1) is 11.8 Å². The molecule has 0 spiro atoms. The van der Waals surface area contributed by atoms with E-state index < -0.39 is 0 Å². The van der Waals surface area contributed by atoms with Gasteiger partial charge in [0.2, 0.25) is 0 Å². The van der Waals surface area contributed by atoms with Gasteiger partial charge in [-0.2, -0.15) is 21.5 Å². The first-order valence-electron chi connectivity index (χ1n) is 38.9. The summed E-state index contributed by atoms with van der Waals surface area (Å²) in [6.45, 7) is 83.6. The van der Waals surface area contributed by atoms with Crippen molar-refractivity contribution in [3.05, 3.63) is 181 Å². The number of aromatic amines is 2. The summed E-state index contributed by atoms with van der Waals surface area (Å²) in [5.41, 5.74) is 10.1. The highest BCUT2D eigenvalue weighted by Gasteiger charge is 2.17. The van der Waals surface area contributed by atoms with E-state index in [-0.39, 0.29) is 7.43 Å². The number of thiazole rings is 2. The Morgan fingerprint density at radius 2 is 0.891 bits per heavy atom. The Morgan fingerprint density at radius 1 is 0.436 bits per heavy atom. The highest BCUT2D eigenvalue weighted by atomic mass is 32.1. The molecule has 1 fully saturated rings. The number of hydrogen-bond donors (Lipinski definition) is 2. The van der Waals surface area contributed by atoms with E-state index in [1.165, 1.54) is 62.7 Å². The molecule has 2 N–H and O–H groups in total. The molecule has 0 saturated heterocycles. The highest BCUT2D eigenvalue weighted by molar-refractivity contribution is 7.10. The van der Waals surface area contributed by atoms with Gasteiger partial charge in [-0.15, -0.1) is 34.0 Å². The smallest absolute Gasteiger partial charge is 0.127 e. The second-order valence-corrected chi connectivity index (χ2v) is 26.3. The molecule has 9 aromatic heterocycles. The summed E-state index contributed by atoms with van der Waals surface area (Å²) >= 11 is 7.04. The van der Waals surface area contributed by atoms with Crippen LogP contribution >= 0.6 is 45.3 Å². The van der Waals surface area contributed by atoms with Gasteiger partial charge in [-0.05, 0) is 142 Å². The molecule has 1 aliphatic rings. The fourth-order valence-electron chi connectivity index (χ4n) is 6.83. The molecule has 0 bridgehead atoms. The normalized spacial score (nSPS) is 9.80. The second kappa shape index (κ2) is 92.9. The Kier molecular flexibility index (Phi) is 110. The fourth-order valence-corrected chi connectivity index (χ4v) is 9.67. The van der Waals surface area contributed by atoms with Gasteiger partial charge < -0.3 is 13.5 Å². The zero-order chi connectivity index (χ0) is 79.8. The molecule has 101 heavy (non-hydrogen) atoms. The lowest BCUT2D eigenvalue weighted by Gasteiger charge is -2.11. The maximum absolute atomic E-state index is 4.88. The summed E-state index contributed by atoms with van der Waals surface area (Å²) < 4.78 is 11.7. The van der Waals surface area contributed by atoms with Gasteiger partial charge in [0.1, 0.15) is 6.26 Å². The first-order valence-corrected chi connectivity index (χ1v) is 42.5. The molecule has 10 nitrogen and oxygen atoms in total. The number of aromatic nitrogens is 8. The number of nitrogens with zero attached hydrogens (tertiary/aromatic N) is 6. The molecule has 0 radical (unpaired) electrons. The van der Waals surface area contributed by atoms with Crippen LogP contribution in [0.4, 0.5) is 0 Å². The van der Waals surface area contributed by atoms with Crippen LogP contribution in [0.25, 0.3) is 0 Å². The van der Waals surface area contributed by atoms with E-state index in [4.69, 9.17) is 4.42 Å². The van der Waals surface area contributed by atoms with Crippen molar-refractivity contribution in [3.8, 4) is 0 Å². The van der Waals surface area contributed by atoms with E-state index in [0.717, 1.165) is 17.4 Å². The SMILES string of the molecule is C.CC.CC.CC.CC.CC.CC.CC.CC.CC.CC.CC(C)C1CCCC1.CC(C)c1cccs1.CC(C)c1ccn[nH]1.CC(C)c1ccoc1.CC(C)c1ccsc1.CC(C)c1cn[nH]c1.CC(C)c1cncs1.CC(C)c1cncs1.CC(C)c1cnoc1.CC(C)n1cccc1. The topological polar surface area (TPSA) is 127 Å². The maximum atomic E-state index is 4.88. The van der Waals surface area contributed by atoms with Crippen LogP contribution in [0.15, 0.2) is 147 Å². The number of furan rings is 1. The molecule has 592 valence electrons. The van der Waals surface area contributed by atoms with Crippen molar-refractivity contribution in [1.82, 2.24) is 40.1 Å². The molecule has 0 aliphatic heterocycles. The van der Waals surface area contributed by atoms with Crippen molar-refractivity contribution in [1.29, 1.82) is 0 Å². The number of thiophene rings is 2. The molecule has 0 amide bonds. The van der Waals surface area contributed by atoms with Crippen LogP contribution in [0.5, 0.6) is 0 Å². The third kappa shape index (κ3) is 74.4. The van der Waals surface area contributed by atoms with E-state index >= 15 is 0 Å². The molecule has 1 aliphatic carbocycles. The van der Waals surface area contributed by atoms with E-state index in [2.05, 4.69) is 230 Å². The van der Waals surface area contributed by atoms with Crippen molar-refractivity contribution in [2.45, 2.75) is 363 Å². The molecule has 9 aromatic rings. The molecule has 0 unspecified atom stereocenters. The van der Waals surface area contributed by atoms with Crippen LogP contribution < -0.4 is 0 Å². The molecular weight excluding hydrogens is 1320 g/mol. The summed E-state index contributed by atoms with van der Waals surface area (Å²) in [4.78, 5) is 12.1. The van der Waals surface area contributed by atoms with Gasteiger partial charge in [0, 0.05) is 69.1 Å². The predicted molar refractivity (Wildman–Crippen MR) is 470 cm³/mol. The Hall–Kier alpha value is -5.15. The molecule has 1 saturated carbocycles. The average molecular weight is 1490 g/mol. The standard InChI is InChI=1S/C8H16.C7H11N.C7H10O.2C7H10S.2C6H10N2.C6H9NO.2C6H9NS.10C2H6.CH4/c2*1-7(2)8-5-3-4-6-8;2*1-6(2)7-3-4-8-5-7;1-6(2)7-4-3-5-8-7;1-5(2)6-3-7-8-4-6;1-5(2)6-3-4-7-8-6;1-5(2)6-3-7-8-4-6;2*1-5(2)6-3-7-4-8-6;10*1-2;/h7-8H,3-6H2,1-2H3;3-7H,1-2H3;3*3-6H,1-2H3;2*3-5H,1-2H3,(H,7,8);3*3-5H,1-2H3;10*1-2H3;1H4. The Balaban J connectivity index is -0.0000000961. The minimum Gasteiger partial charge on any atom is -0.472 e. The molecule has 14 heteroatoms. The molecular formula is C87H168N8O2S4. The lowest BCUT2D eigenvalue weighted by Crippen LogP contribution is -2.01. The maximum Gasteiger partial charge on any atom is 0.127 e. The van der Waals surface area contributed by atoms with E-state index in [9.17, 15) is 0 Å². The second-order valence-electron chi connectivity index (χ2n) is 22.7. The summed E-state index contributed by atoms with van der Waals surface area (Å²) in [6, 6.07) is 15.1. The quantitative estimate of drug-likeness (QED) is 0.140. The van der Waals surface area contributed by atoms with Gasteiger partial charge in [0.25, 0.3) is 0 Å². The Bertz CT molecular complexity index is 2010. The minimum absolute atomic E-state index is 0. The number of hydrogen-bond acceptors (Lipinski definition) is 11. The molecule has 0 atom stereocenters. The van der Waals surface area contributed by atoms with Crippen molar-refractivity contribution in [2.75, 3.05) is 0 Å². The highest BCUT2D eigenvalue weighted by Crippen LogP contribution is 2.30. The van der Waals surface area contributed by atoms with Crippen LogP contribution in [-0.4, -0.2) is 40.1 Å². The van der Waals surface area contributed by atoms with Crippen LogP contribution in [0.2, 0.25) is 0 Å². The number of H-pyrrole nitrogens is 2. The van der Waals surface area contributed by atoms with Crippen LogP contribution in [0.1, 0.15) is 406 Å². The number of nitrogens with one attached hydrogen (secondary N) is 2. The van der Waals surface area contributed by atoms with Crippen molar-refractivity contribution < 1.29 is 8.94 Å². The van der Waals surface area contributed by atoms with E-state index in [1.54, 1.807) is 65.2 Å². The molecule has 10 rings (SSSR count). The summed E-state index contributed by atoms with van der Waals surface area (Å²) in [5, 5.41) is 23.3. The van der Waals surface area contributed by atoms with E-state index in [0.29, 0.717) is 53.4 Å². The summed E-state index contributed by atoms with van der Waals surface area (Å²) in [6.07, 6.45) is 26.4. The van der Waals surface area contributed by atoms with Crippen molar-refractivity contribution in [2.24, 2.45) is 11.8 Å². The average Bonchev–Trinajstić information content (AvgIpc) is 2.70. The molecule has 0 aromatic carbocycles. The lowest BCUT2D eigenvalue weighted by molar-refractivity contribution is 0.396. The van der Waals surface area contributed by atoms with Crippen molar-refractivity contribution >= 4 is 45.3 Å². The largest absolute Gasteiger partial charge is 0.472 e. The van der Waals surface area contributed by atoms with Gasteiger partial charge >= 0.3 is 0 Å². The minimum atomic E-state index is 0. The van der Waals surface area contributed by atoms with Crippen LogP contribution in [0.3, 0.4) is 0 Å². The van der Waals surface area contributed by atoms with Gasteiger partial charge in [-0.3, -0.25) is 20.2 Å². The van der Waals surface area contributed by atoms with Crippen molar-refractivity contribution in [3.63, 3.8) is 0 Å². The van der Waals surface area contributed by atoms with Gasteiger partial charge in [0.05, 0.1) is 35.9 Å². The molecule has 9 heterocycles. The third-order valence-corrected chi connectivity index (χ3v) is 16.6. The van der Waals surface area contributed by atoms with E-state index in [1.807, 2.05) is 210 Å². The summed E-state index contributed by atoms with van der Waals surface area (Å²) in [7, 11) is 0. The monoisotopic (exact) mass is 1490 g/mol. The van der Waals surface area contributed by atoms with Crippen LogP contribution in [-0.2, 0) is 0 Å². The summed E-state index contributed by atoms with van der Waals surface area (Å²) in [5.74, 6) is 6.97. The van der Waals surface area contributed by atoms with Gasteiger partial charge in [-0.25, -0.2) is 0 Å². The Morgan fingerprint density at radius 3 is 1.07 bits per heavy atom. The number of rotatable bonds is 10. The Labute approximate surface area is 645 Å². The zero-order valence-electron chi connectivity index (χ0n) is 72.6. The fraction of sp³-hybridized carbons (Fsp3) is 0.644. The third-order valence-electron chi connectivity index (χ3n) is 12.6. The predicted octanol–water partition coefficient (Wildman–Crippen LogP) is 33.3. The van der Waals surface area contributed by atoms with Gasteiger partial charge in [-0.1, -0.05) is 307 Å². The zero-order valence-corrected chi connectivity index (χ0v) is 75.9. The first kappa shape index (κ1) is 120. The lowest BCUT2D eigenvalue weighted by atomic mass is 9.95. The first-order chi connectivity index (χ1) is 48.0.